The summed E-state index contributed by atoms with van der Waals surface area (Å²) in [7, 11) is 1.37. The molecule has 2 aliphatic rings. The molecule has 0 radical (unpaired) electrons. The fourth-order valence-electron chi connectivity index (χ4n) is 4.77. The molecular weight excluding hydrogens is 680 g/mol. The standard InChI is InChI=1S/C29H23I2NO4/c1-15-8-10-17(11-9-15)14-36-28-21(30)12-18(13-22(28)31)24-23(29(34)35-3)16(2)32-26-19-6-4-5-7-20(19)27(33)25(24)26/h4-13,24,32H,14H2,1-3H3/t24-/m1/s1. The number of Topliss-reactive ketones (excluding diaryl/α,β-unsaturated/α-hetero) is 1. The molecule has 3 aromatic carbocycles. The van der Waals surface area contributed by atoms with Crippen LogP contribution < -0.4 is 10.1 Å². The Hall–Kier alpha value is -2.66. The van der Waals surface area contributed by atoms with Gasteiger partial charge in [-0.05, 0) is 82.3 Å². The van der Waals surface area contributed by atoms with Gasteiger partial charge in [-0.3, -0.25) is 4.79 Å². The molecule has 3 aromatic rings. The number of carbonyl (C=O) groups is 2. The van der Waals surface area contributed by atoms with Gasteiger partial charge in [0.15, 0.2) is 5.78 Å². The van der Waals surface area contributed by atoms with Gasteiger partial charge in [0.2, 0.25) is 0 Å². The maximum Gasteiger partial charge on any atom is 0.336 e. The first-order chi connectivity index (χ1) is 17.3. The first-order valence-electron chi connectivity index (χ1n) is 11.4. The minimum atomic E-state index is -0.554. The number of hydrogen-bond acceptors (Lipinski definition) is 5. The maximum absolute atomic E-state index is 13.6. The molecule has 0 bridgehead atoms. The van der Waals surface area contributed by atoms with Crippen molar-refractivity contribution in [1.82, 2.24) is 5.32 Å². The second kappa shape index (κ2) is 10.0. The number of methoxy groups -OCH3 is 1. The van der Waals surface area contributed by atoms with Crippen LogP contribution in [-0.4, -0.2) is 18.9 Å². The van der Waals surface area contributed by atoms with Crippen LogP contribution in [0.5, 0.6) is 5.75 Å². The second-order valence-corrected chi connectivity index (χ2v) is 11.2. The smallest absolute Gasteiger partial charge is 0.336 e. The fourth-order valence-corrected chi connectivity index (χ4v) is 6.89. The summed E-state index contributed by atoms with van der Waals surface area (Å²) >= 11 is 4.52. The molecule has 0 unspecified atom stereocenters. The highest BCUT2D eigenvalue weighted by Gasteiger charge is 2.43. The van der Waals surface area contributed by atoms with E-state index in [9.17, 15) is 9.59 Å². The minimum Gasteiger partial charge on any atom is -0.487 e. The number of halogens is 2. The molecule has 0 fully saturated rings. The summed E-state index contributed by atoms with van der Waals surface area (Å²) in [6.07, 6.45) is 0. The zero-order chi connectivity index (χ0) is 25.6. The first kappa shape index (κ1) is 25.0. The molecule has 1 N–H and O–H groups in total. The molecule has 0 saturated heterocycles. The summed E-state index contributed by atoms with van der Waals surface area (Å²) in [5.41, 5.74) is 7.09. The third-order valence-corrected chi connectivity index (χ3v) is 8.11. The van der Waals surface area contributed by atoms with Crippen molar-refractivity contribution in [3.05, 3.63) is 112 Å². The molecule has 1 aliphatic carbocycles. The zero-order valence-electron chi connectivity index (χ0n) is 19.9. The van der Waals surface area contributed by atoms with Crippen LogP contribution >= 0.6 is 45.2 Å². The number of dihydropyridines is 1. The number of ether oxygens (including phenoxy) is 2. The Bertz CT molecular complexity index is 1450. The number of esters is 1. The first-order valence-corrected chi connectivity index (χ1v) is 13.6. The normalized spacial score (nSPS) is 16.5. The lowest BCUT2D eigenvalue weighted by Crippen LogP contribution is -2.29. The Morgan fingerprint density at radius 1 is 0.972 bits per heavy atom. The zero-order valence-corrected chi connectivity index (χ0v) is 24.3. The van der Waals surface area contributed by atoms with Crippen LogP contribution in [0, 0.1) is 14.1 Å². The molecule has 36 heavy (non-hydrogen) atoms. The molecule has 1 aliphatic heterocycles. The minimum absolute atomic E-state index is 0.0725. The van der Waals surface area contributed by atoms with E-state index in [2.05, 4.69) is 81.7 Å². The van der Waals surface area contributed by atoms with E-state index in [1.165, 1.54) is 12.7 Å². The van der Waals surface area contributed by atoms with Gasteiger partial charge in [-0.1, -0.05) is 54.1 Å². The van der Waals surface area contributed by atoms with Gasteiger partial charge in [-0.25, -0.2) is 4.79 Å². The molecule has 5 nitrogen and oxygen atoms in total. The molecule has 0 saturated carbocycles. The number of benzene rings is 3. The molecule has 1 heterocycles. The summed E-state index contributed by atoms with van der Waals surface area (Å²) in [5, 5.41) is 3.32. The lowest BCUT2D eigenvalue weighted by molar-refractivity contribution is -0.136. The summed E-state index contributed by atoms with van der Waals surface area (Å²) in [5.74, 6) is -0.298. The Kier molecular flexibility index (Phi) is 6.95. The van der Waals surface area contributed by atoms with Crippen molar-refractivity contribution in [3.63, 3.8) is 0 Å². The summed E-state index contributed by atoms with van der Waals surface area (Å²) in [6, 6.07) is 19.8. The predicted octanol–water partition coefficient (Wildman–Crippen LogP) is 6.52. The van der Waals surface area contributed by atoms with Crippen LogP contribution in [0.4, 0.5) is 0 Å². The molecule has 5 rings (SSSR count). The van der Waals surface area contributed by atoms with E-state index in [0.717, 1.165) is 35.3 Å². The number of ketones is 1. The topological polar surface area (TPSA) is 64.6 Å². The Labute approximate surface area is 237 Å². The third kappa shape index (κ3) is 4.36. The highest BCUT2D eigenvalue weighted by Crippen LogP contribution is 2.48. The van der Waals surface area contributed by atoms with Crippen LogP contribution in [0.25, 0.3) is 5.70 Å². The monoisotopic (exact) mass is 703 g/mol. The maximum atomic E-state index is 13.6. The molecule has 7 heteroatoms. The molecule has 1 atom stereocenters. The van der Waals surface area contributed by atoms with Crippen LogP contribution in [0.3, 0.4) is 0 Å². The van der Waals surface area contributed by atoms with Crippen molar-refractivity contribution in [2.75, 3.05) is 7.11 Å². The molecule has 0 spiro atoms. The lowest BCUT2D eigenvalue weighted by Gasteiger charge is -2.29. The highest BCUT2D eigenvalue weighted by atomic mass is 127. The van der Waals surface area contributed by atoms with Gasteiger partial charge in [0.1, 0.15) is 12.4 Å². The predicted molar refractivity (Wildman–Crippen MR) is 156 cm³/mol. The molecule has 0 amide bonds. The van der Waals surface area contributed by atoms with E-state index in [-0.39, 0.29) is 5.78 Å². The van der Waals surface area contributed by atoms with E-state index < -0.39 is 11.9 Å². The van der Waals surface area contributed by atoms with Gasteiger partial charge in [0.05, 0.1) is 25.5 Å². The van der Waals surface area contributed by atoms with Gasteiger partial charge in [-0.15, -0.1) is 0 Å². The van der Waals surface area contributed by atoms with E-state index in [1.54, 1.807) is 0 Å². The highest BCUT2D eigenvalue weighted by molar-refractivity contribution is 14.1. The van der Waals surface area contributed by atoms with Crippen LogP contribution in [-0.2, 0) is 16.1 Å². The molecular formula is C29H23I2NO4. The summed E-state index contributed by atoms with van der Waals surface area (Å²) in [6.45, 7) is 4.36. The van der Waals surface area contributed by atoms with Crippen molar-refractivity contribution < 1.29 is 19.1 Å². The van der Waals surface area contributed by atoms with E-state index in [1.807, 2.05) is 43.3 Å². The number of fused-ring (bicyclic) bond motifs is 2. The van der Waals surface area contributed by atoms with Gasteiger partial charge in [0, 0.05) is 28.3 Å². The number of nitrogens with one attached hydrogen (secondary N) is 1. The van der Waals surface area contributed by atoms with Crippen LogP contribution in [0.1, 0.15) is 45.5 Å². The van der Waals surface area contributed by atoms with Crippen LogP contribution in [0.2, 0.25) is 0 Å². The largest absolute Gasteiger partial charge is 0.487 e. The van der Waals surface area contributed by atoms with Crippen LogP contribution in [0.15, 0.2) is 77.5 Å². The van der Waals surface area contributed by atoms with E-state index in [4.69, 9.17) is 9.47 Å². The second-order valence-electron chi connectivity index (χ2n) is 8.84. The number of hydrogen-bond donors (Lipinski definition) is 1. The average molecular weight is 703 g/mol. The van der Waals surface area contributed by atoms with Crippen molar-refractivity contribution >= 4 is 62.6 Å². The molecule has 182 valence electrons. The summed E-state index contributed by atoms with van der Waals surface area (Å²) in [4.78, 5) is 26.6. The third-order valence-electron chi connectivity index (χ3n) is 6.51. The van der Waals surface area contributed by atoms with Crippen molar-refractivity contribution in [2.45, 2.75) is 26.4 Å². The van der Waals surface area contributed by atoms with E-state index >= 15 is 0 Å². The number of carbonyl (C=O) groups excluding carboxylic acids is 2. The average Bonchev–Trinajstić information content (AvgIpc) is 3.14. The van der Waals surface area contributed by atoms with Crippen molar-refractivity contribution in [3.8, 4) is 5.75 Å². The van der Waals surface area contributed by atoms with Crippen molar-refractivity contribution in [1.29, 1.82) is 0 Å². The fraction of sp³-hybridized carbons (Fsp3) is 0.172. The Morgan fingerprint density at radius 2 is 1.61 bits per heavy atom. The SMILES string of the molecule is COC(=O)C1=C(C)NC2=C(C(=O)c3ccccc32)[C@@H]1c1cc(I)c(OCc2ccc(C)cc2)c(I)c1. The Balaban J connectivity index is 1.57. The van der Waals surface area contributed by atoms with Gasteiger partial charge >= 0.3 is 5.97 Å². The number of aryl methyl sites for hydroxylation is 1. The summed E-state index contributed by atoms with van der Waals surface area (Å²) < 4.78 is 13.2. The Morgan fingerprint density at radius 3 is 2.25 bits per heavy atom. The van der Waals surface area contributed by atoms with E-state index in [0.29, 0.717) is 29.0 Å². The van der Waals surface area contributed by atoms with Crippen molar-refractivity contribution in [2.24, 2.45) is 0 Å². The lowest BCUT2D eigenvalue weighted by atomic mass is 9.80. The van der Waals surface area contributed by atoms with Gasteiger partial charge in [-0.2, -0.15) is 0 Å². The van der Waals surface area contributed by atoms with Gasteiger partial charge in [0.25, 0.3) is 0 Å². The number of allylic oxidation sites excluding steroid dienone is 2. The van der Waals surface area contributed by atoms with Gasteiger partial charge < -0.3 is 14.8 Å². The number of rotatable bonds is 5. The molecule has 0 aromatic heterocycles. The quantitative estimate of drug-likeness (QED) is 0.242.